The summed E-state index contributed by atoms with van der Waals surface area (Å²) in [6.07, 6.45) is 5.00. The topological polar surface area (TPSA) is 108 Å². The second-order valence-corrected chi connectivity index (χ2v) is 10.2. The highest BCUT2D eigenvalue weighted by atomic mass is 16.5. The molecule has 0 aliphatic heterocycles. The number of ether oxygens (including phenoxy) is 3. The number of aliphatic carboxylic acids is 1. The third-order valence-corrected chi connectivity index (χ3v) is 8.03. The minimum Gasteiger partial charge on any atom is -0.496 e. The van der Waals surface area contributed by atoms with Crippen molar-refractivity contribution in [3.63, 3.8) is 0 Å². The van der Waals surface area contributed by atoms with Gasteiger partial charge in [0.25, 0.3) is 0 Å². The number of aromatic nitrogens is 2. The summed E-state index contributed by atoms with van der Waals surface area (Å²) in [5.74, 6) is -3.13. The van der Waals surface area contributed by atoms with Crippen molar-refractivity contribution in [1.29, 1.82) is 0 Å². The lowest BCUT2D eigenvalue weighted by Gasteiger charge is -2.49. The van der Waals surface area contributed by atoms with Crippen LogP contribution in [-0.2, 0) is 9.59 Å². The maximum Gasteiger partial charge on any atom is 0.315 e. The van der Waals surface area contributed by atoms with Crippen LogP contribution in [0, 0.1) is 11.8 Å². The Morgan fingerprint density at radius 2 is 1.26 bits per heavy atom. The number of rotatable bonds is 8. The number of nitrogens with zero attached hydrogens (tertiary/aromatic N) is 2. The van der Waals surface area contributed by atoms with E-state index in [1.165, 1.54) is 20.5 Å². The summed E-state index contributed by atoms with van der Waals surface area (Å²) in [6, 6.07) is 25.8. The van der Waals surface area contributed by atoms with E-state index in [-0.39, 0.29) is 0 Å². The van der Waals surface area contributed by atoms with Crippen molar-refractivity contribution in [2.24, 2.45) is 11.8 Å². The SMILES string of the molecule is COc1ccccc1[C@@H]1C(C(=O)O)[C@@H](c2ccccc2OC)C1C(=O)Oc1ccc2cc(-c3cncnc3)ccc2c1. The number of methoxy groups -OCH3 is 2. The van der Waals surface area contributed by atoms with Gasteiger partial charge in [0.2, 0.25) is 0 Å². The highest BCUT2D eigenvalue weighted by molar-refractivity contribution is 5.90. The van der Waals surface area contributed by atoms with Gasteiger partial charge in [-0.25, -0.2) is 9.97 Å². The molecule has 8 heteroatoms. The Hall–Kier alpha value is -5.24. The van der Waals surface area contributed by atoms with Crippen molar-refractivity contribution in [2.75, 3.05) is 14.2 Å². The second kappa shape index (κ2) is 11.3. The average Bonchev–Trinajstić information content (AvgIpc) is 3.01. The number of carbonyl (C=O) groups is 2. The Labute approximate surface area is 242 Å². The van der Waals surface area contributed by atoms with Crippen LogP contribution in [-0.4, -0.2) is 41.2 Å². The molecule has 42 heavy (non-hydrogen) atoms. The van der Waals surface area contributed by atoms with Gasteiger partial charge in [-0.05, 0) is 57.8 Å². The van der Waals surface area contributed by atoms with Gasteiger partial charge in [0, 0.05) is 29.8 Å². The molecule has 4 aromatic carbocycles. The summed E-state index contributed by atoms with van der Waals surface area (Å²) >= 11 is 0. The minimum absolute atomic E-state index is 0.375. The first-order valence-electron chi connectivity index (χ1n) is 13.5. The summed E-state index contributed by atoms with van der Waals surface area (Å²) in [6.45, 7) is 0. The summed E-state index contributed by atoms with van der Waals surface area (Å²) < 4.78 is 17.1. The number of esters is 1. The fraction of sp³-hybridized carbons (Fsp3) is 0.176. The lowest BCUT2D eigenvalue weighted by molar-refractivity contribution is -0.158. The Morgan fingerprint density at radius 1 is 0.690 bits per heavy atom. The molecule has 5 aromatic rings. The summed E-state index contributed by atoms with van der Waals surface area (Å²) in [5, 5.41) is 12.2. The fourth-order valence-electron chi connectivity index (χ4n) is 6.11. The van der Waals surface area contributed by atoms with E-state index in [1.54, 1.807) is 30.6 Å². The molecule has 0 spiro atoms. The fourth-order valence-corrected chi connectivity index (χ4v) is 6.11. The quantitative estimate of drug-likeness (QED) is 0.179. The molecule has 0 unspecified atom stereocenters. The lowest BCUT2D eigenvalue weighted by atomic mass is 9.52. The first-order valence-corrected chi connectivity index (χ1v) is 13.5. The minimum atomic E-state index is -1.00. The monoisotopic (exact) mass is 560 g/mol. The summed E-state index contributed by atoms with van der Waals surface area (Å²) in [5.41, 5.74) is 3.17. The number of carbonyl (C=O) groups excluding carboxylic acids is 1. The van der Waals surface area contributed by atoms with Crippen LogP contribution in [0.1, 0.15) is 23.0 Å². The predicted octanol–water partition coefficient (Wildman–Crippen LogP) is 6.12. The molecule has 0 bridgehead atoms. The van der Waals surface area contributed by atoms with Crippen LogP contribution in [0.3, 0.4) is 0 Å². The maximum absolute atomic E-state index is 14.0. The molecule has 6 rings (SSSR count). The molecule has 1 aliphatic rings. The third-order valence-electron chi connectivity index (χ3n) is 8.03. The van der Waals surface area contributed by atoms with Crippen LogP contribution in [0.4, 0.5) is 0 Å². The first-order chi connectivity index (χ1) is 20.5. The van der Waals surface area contributed by atoms with Gasteiger partial charge in [0.05, 0.1) is 26.1 Å². The molecule has 0 amide bonds. The molecule has 1 aliphatic carbocycles. The van der Waals surface area contributed by atoms with Gasteiger partial charge in [-0.3, -0.25) is 9.59 Å². The number of para-hydroxylation sites is 2. The van der Waals surface area contributed by atoms with Crippen LogP contribution in [0.25, 0.3) is 21.9 Å². The van der Waals surface area contributed by atoms with Crippen molar-refractivity contribution < 1.29 is 28.9 Å². The Kier molecular flexibility index (Phi) is 7.27. The van der Waals surface area contributed by atoms with E-state index in [4.69, 9.17) is 14.2 Å². The van der Waals surface area contributed by atoms with Crippen molar-refractivity contribution in [3.8, 4) is 28.4 Å². The van der Waals surface area contributed by atoms with E-state index in [0.717, 1.165) is 21.9 Å². The van der Waals surface area contributed by atoms with Crippen molar-refractivity contribution in [1.82, 2.24) is 9.97 Å². The van der Waals surface area contributed by atoms with Gasteiger partial charge in [-0.1, -0.05) is 54.6 Å². The normalized spacial score (nSPS) is 19.5. The van der Waals surface area contributed by atoms with Crippen molar-refractivity contribution in [3.05, 3.63) is 115 Å². The zero-order valence-corrected chi connectivity index (χ0v) is 23.0. The number of benzene rings is 4. The van der Waals surface area contributed by atoms with Crippen LogP contribution in [0.2, 0.25) is 0 Å². The molecule has 8 nitrogen and oxygen atoms in total. The molecule has 1 heterocycles. The maximum atomic E-state index is 14.0. The van der Waals surface area contributed by atoms with E-state index in [1.807, 2.05) is 66.7 Å². The molecule has 1 aromatic heterocycles. The zero-order valence-electron chi connectivity index (χ0n) is 23.0. The van der Waals surface area contributed by atoms with Gasteiger partial charge in [-0.15, -0.1) is 0 Å². The number of hydrogen-bond acceptors (Lipinski definition) is 7. The first kappa shape index (κ1) is 27.0. The van der Waals surface area contributed by atoms with Gasteiger partial charge in [0.15, 0.2) is 0 Å². The van der Waals surface area contributed by atoms with E-state index >= 15 is 0 Å². The van der Waals surface area contributed by atoms with Gasteiger partial charge >= 0.3 is 11.9 Å². The smallest absolute Gasteiger partial charge is 0.315 e. The number of carboxylic acid groups (broad SMARTS) is 1. The predicted molar refractivity (Wildman–Crippen MR) is 157 cm³/mol. The average molecular weight is 561 g/mol. The number of carboxylic acids is 1. The van der Waals surface area contributed by atoms with E-state index < -0.39 is 35.6 Å². The molecule has 2 atom stereocenters. The molecule has 1 N–H and O–H groups in total. The molecule has 0 radical (unpaired) electrons. The molecule has 0 saturated heterocycles. The van der Waals surface area contributed by atoms with Gasteiger partial charge < -0.3 is 19.3 Å². The van der Waals surface area contributed by atoms with E-state index in [0.29, 0.717) is 28.4 Å². The van der Waals surface area contributed by atoms with Crippen molar-refractivity contribution in [2.45, 2.75) is 11.8 Å². The molecule has 1 fully saturated rings. The highest BCUT2D eigenvalue weighted by Gasteiger charge is 2.60. The Bertz CT molecular complexity index is 1720. The largest absolute Gasteiger partial charge is 0.496 e. The standard InChI is InChI=1S/C34H28N2O6/c1-40-27-9-5-3-7-25(27)29-31(33(37)38)30(26-8-4-6-10-28(26)41-2)32(29)34(39)42-24-14-13-20-15-21(11-12-22(20)16-24)23-17-35-19-36-18-23/h3-19,29-32H,1-2H3,(H,37,38)/t29-,30-,31?,32?/m1/s1. The van der Waals surface area contributed by atoms with Crippen LogP contribution in [0.5, 0.6) is 17.2 Å². The second-order valence-electron chi connectivity index (χ2n) is 10.2. The summed E-state index contributed by atoms with van der Waals surface area (Å²) in [7, 11) is 3.06. The number of fused-ring (bicyclic) bond motifs is 1. The lowest BCUT2D eigenvalue weighted by Crippen LogP contribution is -2.52. The molecule has 1 saturated carbocycles. The molecular formula is C34H28N2O6. The zero-order chi connectivity index (χ0) is 29.2. The van der Waals surface area contributed by atoms with E-state index in [9.17, 15) is 14.7 Å². The van der Waals surface area contributed by atoms with Crippen LogP contribution < -0.4 is 14.2 Å². The van der Waals surface area contributed by atoms with Crippen LogP contribution >= 0.6 is 0 Å². The Balaban J connectivity index is 1.37. The van der Waals surface area contributed by atoms with Crippen LogP contribution in [0.15, 0.2) is 104 Å². The Morgan fingerprint density at radius 3 is 1.86 bits per heavy atom. The van der Waals surface area contributed by atoms with E-state index in [2.05, 4.69) is 9.97 Å². The third kappa shape index (κ3) is 4.81. The highest BCUT2D eigenvalue weighted by Crippen LogP contribution is 2.60. The molecule has 210 valence electrons. The van der Waals surface area contributed by atoms with Gasteiger partial charge in [-0.2, -0.15) is 0 Å². The van der Waals surface area contributed by atoms with Gasteiger partial charge in [0.1, 0.15) is 23.6 Å². The number of hydrogen-bond donors (Lipinski definition) is 1. The summed E-state index contributed by atoms with van der Waals surface area (Å²) in [4.78, 5) is 34.9. The molecular weight excluding hydrogens is 532 g/mol. The van der Waals surface area contributed by atoms with Crippen molar-refractivity contribution >= 4 is 22.7 Å².